The van der Waals surface area contributed by atoms with E-state index in [9.17, 15) is 0 Å². The van der Waals surface area contributed by atoms with E-state index in [1.54, 1.807) is 11.3 Å². The molecule has 0 atom stereocenters. The van der Waals surface area contributed by atoms with Gasteiger partial charge >= 0.3 is 0 Å². The second kappa shape index (κ2) is 7.12. The molecule has 0 unspecified atom stereocenters. The largest absolute Gasteiger partial charge is 0.494 e. The van der Waals surface area contributed by atoms with Crippen molar-refractivity contribution in [3.05, 3.63) is 44.8 Å². The molecule has 0 fully saturated rings. The van der Waals surface area contributed by atoms with Crippen molar-refractivity contribution in [3.8, 4) is 5.75 Å². The number of halogens is 2. The molecule has 0 aliphatic carbocycles. The average Bonchev–Trinajstić information content (AvgIpc) is 2.85. The molecule has 0 saturated carbocycles. The first-order valence-electron chi connectivity index (χ1n) is 5.65. The summed E-state index contributed by atoms with van der Waals surface area (Å²) in [5, 5.41) is 3.14. The first-order valence-corrected chi connectivity index (χ1v) is 7.86. The number of aromatic nitrogens is 1. The van der Waals surface area contributed by atoms with E-state index in [0.29, 0.717) is 12.5 Å². The minimum Gasteiger partial charge on any atom is -0.494 e. The summed E-state index contributed by atoms with van der Waals surface area (Å²) in [6, 6.07) is 7.87. The summed E-state index contributed by atoms with van der Waals surface area (Å²) in [7, 11) is 0. The number of hydrogen-bond acceptors (Lipinski definition) is 3. The number of benzene rings is 1. The molecule has 2 aromatic rings. The third-order valence-corrected chi connectivity index (χ3v) is 4.11. The molecular formula is C13H13BrClNOS. The number of aryl methyl sites for hydroxylation is 1. The van der Waals surface area contributed by atoms with Gasteiger partial charge in [0.1, 0.15) is 5.75 Å². The summed E-state index contributed by atoms with van der Waals surface area (Å²) < 4.78 is 6.71. The minimum absolute atomic E-state index is 0.492. The second-order valence-corrected chi connectivity index (χ2v) is 5.90. The predicted octanol–water partition coefficient (Wildman–Crippen LogP) is 4.66. The molecule has 0 aliphatic rings. The van der Waals surface area contributed by atoms with E-state index in [1.807, 2.05) is 29.6 Å². The van der Waals surface area contributed by atoms with Crippen LogP contribution < -0.4 is 4.74 Å². The molecule has 2 nitrogen and oxygen atoms in total. The molecule has 18 heavy (non-hydrogen) atoms. The van der Waals surface area contributed by atoms with Crippen molar-refractivity contribution in [2.24, 2.45) is 0 Å². The Bertz CT molecular complexity index is 486. The van der Waals surface area contributed by atoms with Gasteiger partial charge in [0.15, 0.2) is 0 Å². The highest BCUT2D eigenvalue weighted by Gasteiger charge is 2.01. The van der Waals surface area contributed by atoms with Gasteiger partial charge in [-0.05, 0) is 30.7 Å². The normalized spacial score (nSPS) is 10.6. The zero-order valence-corrected chi connectivity index (χ0v) is 12.9. The van der Waals surface area contributed by atoms with Crippen LogP contribution >= 0.6 is 38.9 Å². The molecule has 0 saturated heterocycles. The van der Waals surface area contributed by atoms with Gasteiger partial charge in [0.25, 0.3) is 0 Å². The molecule has 96 valence electrons. The first kappa shape index (κ1) is 13.8. The Morgan fingerprint density at radius 3 is 2.72 bits per heavy atom. The average molecular weight is 347 g/mol. The summed E-state index contributed by atoms with van der Waals surface area (Å²) in [6.45, 7) is 0.706. The number of ether oxygens (including phenoxy) is 1. The van der Waals surface area contributed by atoms with Gasteiger partial charge in [-0.15, -0.1) is 22.9 Å². The SMILES string of the molecule is ClCc1csc(CCCOc2ccc(Br)cc2)n1. The van der Waals surface area contributed by atoms with Crippen LogP contribution in [0.5, 0.6) is 5.75 Å². The third-order valence-electron chi connectivity index (χ3n) is 2.35. The highest BCUT2D eigenvalue weighted by atomic mass is 79.9. The third kappa shape index (κ3) is 4.26. The van der Waals surface area contributed by atoms with Crippen molar-refractivity contribution < 1.29 is 4.74 Å². The van der Waals surface area contributed by atoms with E-state index in [1.165, 1.54) is 0 Å². The molecular weight excluding hydrogens is 334 g/mol. The maximum Gasteiger partial charge on any atom is 0.119 e. The quantitative estimate of drug-likeness (QED) is 0.561. The number of rotatable bonds is 6. The molecule has 1 aromatic heterocycles. The van der Waals surface area contributed by atoms with Gasteiger partial charge in [-0.25, -0.2) is 4.98 Å². The summed E-state index contributed by atoms with van der Waals surface area (Å²) in [5.74, 6) is 1.39. The number of hydrogen-bond donors (Lipinski definition) is 0. The number of alkyl halides is 1. The fourth-order valence-corrected chi connectivity index (χ4v) is 2.80. The molecule has 5 heteroatoms. The van der Waals surface area contributed by atoms with Gasteiger partial charge in [0.05, 0.1) is 23.2 Å². The molecule has 2 rings (SSSR count). The van der Waals surface area contributed by atoms with Crippen molar-refractivity contribution >= 4 is 38.9 Å². The van der Waals surface area contributed by atoms with Crippen LogP contribution in [-0.4, -0.2) is 11.6 Å². The van der Waals surface area contributed by atoms with Crippen LogP contribution in [0.25, 0.3) is 0 Å². The van der Waals surface area contributed by atoms with Gasteiger partial charge in [-0.3, -0.25) is 0 Å². The van der Waals surface area contributed by atoms with Crippen molar-refractivity contribution in [3.63, 3.8) is 0 Å². The van der Waals surface area contributed by atoms with E-state index < -0.39 is 0 Å². The molecule has 1 aromatic carbocycles. The Balaban J connectivity index is 1.71. The standard InChI is InChI=1S/C13H13BrClNOS/c14-10-3-5-12(6-4-10)17-7-1-2-13-16-11(8-15)9-18-13/h3-6,9H,1-2,7-8H2. The van der Waals surface area contributed by atoms with Crippen LogP contribution in [0.15, 0.2) is 34.1 Å². The predicted molar refractivity (Wildman–Crippen MR) is 79.6 cm³/mol. The lowest BCUT2D eigenvalue weighted by molar-refractivity contribution is 0.311. The molecule has 1 heterocycles. The van der Waals surface area contributed by atoms with E-state index in [0.717, 1.165) is 33.8 Å². The Morgan fingerprint density at radius 1 is 1.28 bits per heavy atom. The smallest absolute Gasteiger partial charge is 0.119 e. The molecule has 0 amide bonds. The van der Waals surface area contributed by atoms with Gasteiger partial charge in [0.2, 0.25) is 0 Å². The highest BCUT2D eigenvalue weighted by molar-refractivity contribution is 9.10. The maximum atomic E-state index is 5.71. The monoisotopic (exact) mass is 345 g/mol. The van der Waals surface area contributed by atoms with E-state index in [2.05, 4.69) is 20.9 Å². The van der Waals surface area contributed by atoms with Gasteiger partial charge in [-0.2, -0.15) is 0 Å². The Labute approximate surface area is 124 Å². The van der Waals surface area contributed by atoms with Gasteiger partial charge < -0.3 is 4.74 Å². The van der Waals surface area contributed by atoms with Crippen LogP contribution in [0, 0.1) is 0 Å². The van der Waals surface area contributed by atoms with E-state index in [4.69, 9.17) is 16.3 Å². The fourth-order valence-electron chi connectivity index (χ4n) is 1.47. The van der Waals surface area contributed by atoms with Gasteiger partial charge in [-0.1, -0.05) is 15.9 Å². The Kier molecular flexibility index (Phi) is 5.47. The minimum atomic E-state index is 0.492. The van der Waals surface area contributed by atoms with Crippen LogP contribution in [0.2, 0.25) is 0 Å². The zero-order valence-electron chi connectivity index (χ0n) is 9.73. The van der Waals surface area contributed by atoms with E-state index in [-0.39, 0.29) is 0 Å². The summed E-state index contributed by atoms with van der Waals surface area (Å²) in [4.78, 5) is 4.41. The van der Waals surface area contributed by atoms with Crippen molar-refractivity contribution in [1.82, 2.24) is 4.98 Å². The molecule has 0 N–H and O–H groups in total. The molecule has 0 bridgehead atoms. The van der Waals surface area contributed by atoms with Crippen LogP contribution in [-0.2, 0) is 12.3 Å². The Morgan fingerprint density at radius 2 is 2.06 bits per heavy atom. The first-order chi connectivity index (χ1) is 8.78. The van der Waals surface area contributed by atoms with Crippen molar-refractivity contribution in [2.75, 3.05) is 6.61 Å². The van der Waals surface area contributed by atoms with Gasteiger partial charge in [0, 0.05) is 16.3 Å². The number of nitrogens with zero attached hydrogens (tertiary/aromatic N) is 1. The Hall–Kier alpha value is -0.580. The molecule has 0 spiro atoms. The fraction of sp³-hybridized carbons (Fsp3) is 0.308. The van der Waals surface area contributed by atoms with Crippen LogP contribution in [0.1, 0.15) is 17.1 Å². The van der Waals surface area contributed by atoms with Crippen molar-refractivity contribution in [1.29, 1.82) is 0 Å². The molecule has 0 radical (unpaired) electrons. The summed E-state index contributed by atoms with van der Waals surface area (Å²) in [6.07, 6.45) is 1.91. The lowest BCUT2D eigenvalue weighted by Gasteiger charge is -2.05. The topological polar surface area (TPSA) is 22.1 Å². The molecule has 0 aliphatic heterocycles. The van der Waals surface area contributed by atoms with Crippen molar-refractivity contribution in [2.45, 2.75) is 18.7 Å². The van der Waals surface area contributed by atoms with E-state index >= 15 is 0 Å². The lowest BCUT2D eigenvalue weighted by atomic mass is 10.3. The summed E-state index contributed by atoms with van der Waals surface area (Å²) in [5.41, 5.74) is 0.963. The maximum absolute atomic E-state index is 5.71. The summed E-state index contributed by atoms with van der Waals surface area (Å²) >= 11 is 10.8. The van der Waals surface area contributed by atoms with Crippen LogP contribution in [0.3, 0.4) is 0 Å². The van der Waals surface area contributed by atoms with Crippen LogP contribution in [0.4, 0.5) is 0 Å². The number of thiazole rings is 1. The second-order valence-electron chi connectivity index (χ2n) is 3.77. The highest BCUT2D eigenvalue weighted by Crippen LogP contribution is 2.17. The zero-order chi connectivity index (χ0) is 12.8. The lowest BCUT2D eigenvalue weighted by Crippen LogP contribution is -1.99.